The van der Waals surface area contributed by atoms with Crippen LogP contribution in [0.25, 0.3) is 0 Å². The number of sulfonamides is 1. The maximum absolute atomic E-state index is 12.9. The lowest BCUT2D eigenvalue weighted by Gasteiger charge is -2.38. The van der Waals surface area contributed by atoms with Crippen molar-refractivity contribution >= 4 is 21.7 Å². The molecule has 2 aliphatic heterocycles. The predicted octanol–water partition coefficient (Wildman–Crippen LogP) is 1.45. The first-order chi connectivity index (χ1) is 13.3. The van der Waals surface area contributed by atoms with Crippen molar-refractivity contribution in [2.75, 3.05) is 45.8 Å². The van der Waals surface area contributed by atoms with Gasteiger partial charge in [-0.25, -0.2) is 8.42 Å². The number of likely N-dealkylation sites (N-methyl/N-ethyl adjacent to an activating group) is 1. The minimum atomic E-state index is -3.60. The minimum absolute atomic E-state index is 0.0944. The third-order valence-corrected chi connectivity index (χ3v) is 7.75. The minimum Gasteiger partial charge on any atom is -0.340 e. The molecule has 1 aromatic carbocycles. The molecule has 0 saturated carbocycles. The maximum atomic E-state index is 12.9. The second-order valence-corrected chi connectivity index (χ2v) is 9.46. The fourth-order valence-electron chi connectivity index (χ4n) is 3.90. The number of amides is 1. The largest absolute Gasteiger partial charge is 0.340 e. The van der Waals surface area contributed by atoms with Gasteiger partial charge < -0.3 is 9.80 Å². The van der Waals surface area contributed by atoms with Crippen LogP contribution in [0.5, 0.6) is 0 Å². The van der Waals surface area contributed by atoms with Crippen molar-refractivity contribution < 1.29 is 18.0 Å². The van der Waals surface area contributed by atoms with E-state index in [9.17, 15) is 18.0 Å². The van der Waals surface area contributed by atoms with E-state index in [1.807, 2.05) is 4.90 Å². The van der Waals surface area contributed by atoms with E-state index >= 15 is 0 Å². The fourth-order valence-corrected chi connectivity index (χ4v) is 5.37. The fraction of sp³-hybridized carbons (Fsp3) is 0.600. The zero-order valence-corrected chi connectivity index (χ0v) is 17.5. The number of carbonyl (C=O) groups is 2. The standard InChI is InChI=1S/C20H29N3O4S/c1-3-21-12-14-22(15-13-21)20(25)18-8-10-23(11-9-18)28(26,27)19-6-4-17(5-7-19)16(2)24/h4-7,18H,3,8-15H2,1-2H3. The number of piperazine rings is 1. The summed E-state index contributed by atoms with van der Waals surface area (Å²) >= 11 is 0. The van der Waals surface area contributed by atoms with Gasteiger partial charge in [0.2, 0.25) is 15.9 Å². The van der Waals surface area contributed by atoms with Gasteiger partial charge in [0.05, 0.1) is 4.90 Å². The molecule has 2 aliphatic rings. The first-order valence-electron chi connectivity index (χ1n) is 9.95. The molecule has 28 heavy (non-hydrogen) atoms. The maximum Gasteiger partial charge on any atom is 0.243 e. The normalized spacial score (nSPS) is 20.3. The molecule has 0 spiro atoms. The van der Waals surface area contributed by atoms with Gasteiger partial charge in [0.15, 0.2) is 5.78 Å². The van der Waals surface area contributed by atoms with E-state index in [1.54, 1.807) is 12.1 Å². The number of hydrogen-bond acceptors (Lipinski definition) is 5. The molecule has 2 saturated heterocycles. The average Bonchev–Trinajstić information content (AvgIpc) is 2.73. The van der Waals surface area contributed by atoms with Crippen LogP contribution >= 0.6 is 0 Å². The molecule has 3 rings (SSSR count). The molecule has 0 aromatic heterocycles. The summed E-state index contributed by atoms with van der Waals surface area (Å²) in [5, 5.41) is 0. The van der Waals surface area contributed by atoms with Crippen LogP contribution in [0.4, 0.5) is 0 Å². The van der Waals surface area contributed by atoms with Crippen molar-refractivity contribution in [1.29, 1.82) is 0 Å². The Hall–Kier alpha value is -1.77. The van der Waals surface area contributed by atoms with Crippen molar-refractivity contribution in [3.63, 3.8) is 0 Å². The van der Waals surface area contributed by atoms with E-state index in [4.69, 9.17) is 0 Å². The zero-order chi connectivity index (χ0) is 20.3. The molecule has 1 aromatic rings. The summed E-state index contributed by atoms with van der Waals surface area (Å²) in [6.07, 6.45) is 1.11. The summed E-state index contributed by atoms with van der Waals surface area (Å²) in [4.78, 5) is 28.6. The summed E-state index contributed by atoms with van der Waals surface area (Å²) in [7, 11) is -3.60. The smallest absolute Gasteiger partial charge is 0.243 e. The van der Waals surface area contributed by atoms with Crippen molar-refractivity contribution in [3.05, 3.63) is 29.8 Å². The summed E-state index contributed by atoms with van der Waals surface area (Å²) in [6.45, 7) is 8.61. The van der Waals surface area contributed by atoms with E-state index in [1.165, 1.54) is 23.4 Å². The topological polar surface area (TPSA) is 78.0 Å². The molecule has 0 atom stereocenters. The van der Waals surface area contributed by atoms with Gasteiger partial charge in [0.25, 0.3) is 0 Å². The van der Waals surface area contributed by atoms with Crippen molar-refractivity contribution in [2.24, 2.45) is 5.92 Å². The van der Waals surface area contributed by atoms with Crippen molar-refractivity contribution in [1.82, 2.24) is 14.1 Å². The summed E-state index contributed by atoms with van der Waals surface area (Å²) < 4.78 is 27.2. The molecule has 1 amide bonds. The Labute approximate surface area is 167 Å². The number of carbonyl (C=O) groups excluding carboxylic acids is 2. The summed E-state index contributed by atoms with van der Waals surface area (Å²) in [5.74, 6) is -0.0265. The van der Waals surface area contributed by atoms with Crippen molar-refractivity contribution in [3.8, 4) is 0 Å². The van der Waals surface area contributed by atoms with E-state index in [-0.39, 0.29) is 22.5 Å². The molecule has 7 nitrogen and oxygen atoms in total. The summed E-state index contributed by atoms with van der Waals surface area (Å²) in [6, 6.07) is 6.05. The quantitative estimate of drug-likeness (QED) is 0.691. The highest BCUT2D eigenvalue weighted by atomic mass is 32.2. The number of hydrogen-bond donors (Lipinski definition) is 0. The molecule has 0 N–H and O–H groups in total. The van der Waals surface area contributed by atoms with Gasteiger partial charge in [0, 0.05) is 50.7 Å². The Morgan fingerprint density at radius 3 is 2.04 bits per heavy atom. The van der Waals surface area contributed by atoms with E-state index in [0.29, 0.717) is 31.5 Å². The highest BCUT2D eigenvalue weighted by Crippen LogP contribution is 2.25. The van der Waals surface area contributed by atoms with Gasteiger partial charge in [-0.3, -0.25) is 9.59 Å². The Morgan fingerprint density at radius 1 is 0.964 bits per heavy atom. The molecule has 0 bridgehead atoms. The SMILES string of the molecule is CCN1CCN(C(=O)C2CCN(S(=O)(=O)c3ccc(C(C)=O)cc3)CC2)CC1. The van der Waals surface area contributed by atoms with Gasteiger partial charge in [-0.1, -0.05) is 19.1 Å². The van der Waals surface area contributed by atoms with Gasteiger partial charge >= 0.3 is 0 Å². The highest BCUT2D eigenvalue weighted by molar-refractivity contribution is 7.89. The van der Waals surface area contributed by atoms with Crippen LogP contribution in [-0.4, -0.2) is 80.0 Å². The highest BCUT2D eigenvalue weighted by Gasteiger charge is 2.34. The summed E-state index contributed by atoms with van der Waals surface area (Å²) in [5.41, 5.74) is 0.492. The Bertz CT molecular complexity index is 806. The van der Waals surface area contributed by atoms with Gasteiger partial charge in [-0.05, 0) is 38.4 Å². The monoisotopic (exact) mass is 407 g/mol. The second kappa shape index (κ2) is 8.71. The van der Waals surface area contributed by atoms with Gasteiger partial charge in [-0.15, -0.1) is 0 Å². The van der Waals surface area contributed by atoms with Crippen LogP contribution in [-0.2, 0) is 14.8 Å². The molecule has 8 heteroatoms. The number of benzene rings is 1. The Balaban J connectivity index is 1.58. The predicted molar refractivity (Wildman–Crippen MR) is 107 cm³/mol. The van der Waals surface area contributed by atoms with Crippen LogP contribution in [0, 0.1) is 5.92 Å². The van der Waals surface area contributed by atoms with E-state index < -0.39 is 10.0 Å². The Morgan fingerprint density at radius 2 is 1.54 bits per heavy atom. The van der Waals surface area contributed by atoms with Crippen LogP contribution < -0.4 is 0 Å². The number of rotatable bonds is 5. The van der Waals surface area contributed by atoms with Gasteiger partial charge in [0.1, 0.15) is 0 Å². The van der Waals surface area contributed by atoms with Crippen LogP contribution in [0.1, 0.15) is 37.0 Å². The number of nitrogens with zero attached hydrogens (tertiary/aromatic N) is 3. The molecule has 154 valence electrons. The van der Waals surface area contributed by atoms with Crippen LogP contribution in [0.15, 0.2) is 29.2 Å². The molecule has 2 fully saturated rings. The second-order valence-electron chi connectivity index (χ2n) is 7.52. The van der Waals surface area contributed by atoms with E-state index in [2.05, 4.69) is 11.8 Å². The Kier molecular flexibility index (Phi) is 6.52. The number of Topliss-reactive ketones (excluding diaryl/α,β-unsaturated/α-hetero) is 1. The zero-order valence-electron chi connectivity index (χ0n) is 16.6. The molecule has 2 heterocycles. The average molecular weight is 408 g/mol. The number of ketones is 1. The molecule has 0 unspecified atom stereocenters. The lowest BCUT2D eigenvalue weighted by Crippen LogP contribution is -2.51. The molecular weight excluding hydrogens is 378 g/mol. The van der Waals surface area contributed by atoms with Crippen LogP contribution in [0.3, 0.4) is 0 Å². The third-order valence-electron chi connectivity index (χ3n) is 5.83. The van der Waals surface area contributed by atoms with Crippen LogP contribution in [0.2, 0.25) is 0 Å². The van der Waals surface area contributed by atoms with Gasteiger partial charge in [-0.2, -0.15) is 4.31 Å². The third kappa shape index (κ3) is 4.45. The number of piperidine rings is 1. The lowest BCUT2D eigenvalue weighted by molar-refractivity contribution is -0.138. The van der Waals surface area contributed by atoms with E-state index in [0.717, 1.165) is 32.7 Å². The molecular formula is C20H29N3O4S. The lowest BCUT2D eigenvalue weighted by atomic mass is 9.96. The molecule has 0 radical (unpaired) electrons. The first kappa shape index (κ1) is 21.0. The molecule has 0 aliphatic carbocycles. The van der Waals surface area contributed by atoms with Crippen molar-refractivity contribution in [2.45, 2.75) is 31.6 Å². The first-order valence-corrected chi connectivity index (χ1v) is 11.4.